The molecular formula is C16H18N2. The molecule has 2 aromatic rings. The van der Waals surface area contributed by atoms with Gasteiger partial charge in [-0.05, 0) is 43.0 Å². The predicted molar refractivity (Wildman–Crippen MR) is 73.3 cm³/mol. The summed E-state index contributed by atoms with van der Waals surface area (Å²) in [4.78, 5) is 4.41. The van der Waals surface area contributed by atoms with Gasteiger partial charge in [-0.15, -0.1) is 0 Å². The summed E-state index contributed by atoms with van der Waals surface area (Å²) in [5, 5.41) is 3.69. The van der Waals surface area contributed by atoms with Crippen molar-refractivity contribution in [2.24, 2.45) is 0 Å². The Morgan fingerprint density at radius 1 is 1.17 bits per heavy atom. The number of rotatable bonds is 3. The Balaban J connectivity index is 1.75. The standard InChI is InChI=1S/C16H18N2/c1-12(15-8-4-5-11-17-15)18-16-10-9-13-6-2-3-7-14(13)16/h2-8,11-12,16,18H,9-10H2,1H3. The van der Waals surface area contributed by atoms with E-state index in [4.69, 9.17) is 0 Å². The summed E-state index contributed by atoms with van der Waals surface area (Å²) in [5.41, 5.74) is 4.06. The van der Waals surface area contributed by atoms with Gasteiger partial charge in [-0.2, -0.15) is 0 Å². The fourth-order valence-corrected chi connectivity index (χ4v) is 2.75. The molecule has 2 atom stereocenters. The van der Waals surface area contributed by atoms with Crippen molar-refractivity contribution >= 4 is 0 Å². The maximum absolute atomic E-state index is 4.41. The molecule has 0 aliphatic heterocycles. The Kier molecular flexibility index (Phi) is 3.11. The van der Waals surface area contributed by atoms with Gasteiger partial charge in [0, 0.05) is 18.3 Å². The second kappa shape index (κ2) is 4.91. The van der Waals surface area contributed by atoms with Crippen LogP contribution in [-0.2, 0) is 6.42 Å². The monoisotopic (exact) mass is 238 g/mol. The van der Waals surface area contributed by atoms with Crippen LogP contribution in [0.2, 0.25) is 0 Å². The van der Waals surface area contributed by atoms with Gasteiger partial charge in [0.2, 0.25) is 0 Å². The lowest BCUT2D eigenvalue weighted by molar-refractivity contribution is 0.458. The fraction of sp³-hybridized carbons (Fsp3) is 0.312. The number of nitrogens with zero attached hydrogens (tertiary/aromatic N) is 1. The van der Waals surface area contributed by atoms with Crippen LogP contribution in [0.4, 0.5) is 0 Å². The van der Waals surface area contributed by atoms with E-state index in [0.717, 1.165) is 5.69 Å². The van der Waals surface area contributed by atoms with E-state index >= 15 is 0 Å². The normalized spacial score (nSPS) is 19.5. The van der Waals surface area contributed by atoms with Crippen LogP contribution in [0.25, 0.3) is 0 Å². The number of hydrogen-bond donors (Lipinski definition) is 1. The molecule has 0 radical (unpaired) electrons. The average molecular weight is 238 g/mol. The number of hydrogen-bond acceptors (Lipinski definition) is 2. The third-order valence-electron chi connectivity index (χ3n) is 3.72. The molecule has 0 saturated heterocycles. The zero-order chi connectivity index (χ0) is 12.4. The average Bonchev–Trinajstić information content (AvgIpc) is 2.83. The SMILES string of the molecule is CC(NC1CCc2ccccc21)c1ccccn1. The predicted octanol–water partition coefficient (Wildman–Crippen LogP) is 3.42. The van der Waals surface area contributed by atoms with Gasteiger partial charge in [0.05, 0.1) is 5.69 Å². The second-order valence-electron chi connectivity index (χ2n) is 4.93. The van der Waals surface area contributed by atoms with Crippen LogP contribution >= 0.6 is 0 Å². The highest BCUT2D eigenvalue weighted by atomic mass is 15.0. The summed E-state index contributed by atoms with van der Waals surface area (Å²) in [5.74, 6) is 0. The molecule has 2 heteroatoms. The second-order valence-corrected chi connectivity index (χ2v) is 4.93. The van der Waals surface area contributed by atoms with Crippen molar-refractivity contribution in [2.75, 3.05) is 0 Å². The van der Waals surface area contributed by atoms with E-state index in [2.05, 4.69) is 47.6 Å². The first kappa shape index (κ1) is 11.4. The van der Waals surface area contributed by atoms with Gasteiger partial charge in [0.15, 0.2) is 0 Å². The summed E-state index contributed by atoms with van der Waals surface area (Å²) in [6.07, 6.45) is 4.23. The minimum atomic E-state index is 0.294. The molecule has 1 aliphatic rings. The molecule has 18 heavy (non-hydrogen) atoms. The zero-order valence-corrected chi connectivity index (χ0v) is 10.6. The number of nitrogens with one attached hydrogen (secondary N) is 1. The van der Waals surface area contributed by atoms with E-state index in [-0.39, 0.29) is 0 Å². The van der Waals surface area contributed by atoms with E-state index in [0.29, 0.717) is 12.1 Å². The minimum absolute atomic E-state index is 0.294. The quantitative estimate of drug-likeness (QED) is 0.886. The molecule has 0 amide bonds. The first-order valence-corrected chi connectivity index (χ1v) is 6.59. The van der Waals surface area contributed by atoms with Crippen molar-refractivity contribution in [1.82, 2.24) is 10.3 Å². The van der Waals surface area contributed by atoms with Gasteiger partial charge in [0.25, 0.3) is 0 Å². The maximum Gasteiger partial charge on any atom is 0.0570 e. The molecule has 2 unspecified atom stereocenters. The van der Waals surface area contributed by atoms with E-state index in [1.54, 1.807) is 0 Å². The highest BCUT2D eigenvalue weighted by molar-refractivity contribution is 5.34. The largest absolute Gasteiger partial charge is 0.302 e. The molecule has 1 aromatic carbocycles. The van der Waals surface area contributed by atoms with Gasteiger partial charge in [-0.1, -0.05) is 30.3 Å². The molecule has 2 nitrogen and oxygen atoms in total. The molecule has 92 valence electrons. The van der Waals surface area contributed by atoms with Crippen LogP contribution in [0.5, 0.6) is 0 Å². The Morgan fingerprint density at radius 3 is 2.83 bits per heavy atom. The fourth-order valence-electron chi connectivity index (χ4n) is 2.75. The van der Waals surface area contributed by atoms with Crippen molar-refractivity contribution in [2.45, 2.75) is 31.8 Å². The lowest BCUT2D eigenvalue weighted by Crippen LogP contribution is -2.23. The highest BCUT2D eigenvalue weighted by Crippen LogP contribution is 2.32. The third-order valence-corrected chi connectivity index (χ3v) is 3.72. The number of pyridine rings is 1. The van der Waals surface area contributed by atoms with Crippen LogP contribution in [0.1, 0.15) is 42.2 Å². The molecule has 3 rings (SSSR count). The van der Waals surface area contributed by atoms with Crippen molar-refractivity contribution in [3.8, 4) is 0 Å². The van der Waals surface area contributed by atoms with Crippen LogP contribution in [0, 0.1) is 0 Å². The summed E-state index contributed by atoms with van der Waals surface area (Å²) in [6, 6.07) is 15.6. The number of aromatic nitrogens is 1. The molecule has 0 spiro atoms. The van der Waals surface area contributed by atoms with Crippen LogP contribution < -0.4 is 5.32 Å². The zero-order valence-electron chi connectivity index (χ0n) is 10.6. The molecular weight excluding hydrogens is 220 g/mol. The van der Waals surface area contributed by atoms with E-state index in [9.17, 15) is 0 Å². The molecule has 1 aliphatic carbocycles. The third kappa shape index (κ3) is 2.16. The lowest BCUT2D eigenvalue weighted by Gasteiger charge is -2.20. The number of fused-ring (bicyclic) bond motifs is 1. The minimum Gasteiger partial charge on any atom is -0.302 e. The first-order chi connectivity index (χ1) is 8.84. The van der Waals surface area contributed by atoms with Gasteiger partial charge in [0.1, 0.15) is 0 Å². The van der Waals surface area contributed by atoms with Crippen LogP contribution in [0.15, 0.2) is 48.7 Å². The van der Waals surface area contributed by atoms with Gasteiger partial charge >= 0.3 is 0 Å². The van der Waals surface area contributed by atoms with Gasteiger partial charge < -0.3 is 5.32 Å². The Labute approximate surface area is 108 Å². The van der Waals surface area contributed by atoms with Crippen LogP contribution in [0.3, 0.4) is 0 Å². The van der Waals surface area contributed by atoms with Crippen molar-refractivity contribution in [3.05, 3.63) is 65.5 Å². The molecule has 1 heterocycles. The van der Waals surface area contributed by atoms with Crippen LogP contribution in [-0.4, -0.2) is 4.98 Å². The van der Waals surface area contributed by atoms with Gasteiger partial charge in [-0.25, -0.2) is 0 Å². The molecule has 1 N–H and O–H groups in total. The molecule has 0 bridgehead atoms. The number of benzene rings is 1. The lowest BCUT2D eigenvalue weighted by atomic mass is 10.1. The van der Waals surface area contributed by atoms with Crippen molar-refractivity contribution < 1.29 is 0 Å². The maximum atomic E-state index is 4.41. The Morgan fingerprint density at radius 2 is 2.00 bits per heavy atom. The molecule has 0 saturated carbocycles. The van der Waals surface area contributed by atoms with Gasteiger partial charge in [-0.3, -0.25) is 4.98 Å². The Bertz CT molecular complexity index is 522. The highest BCUT2D eigenvalue weighted by Gasteiger charge is 2.23. The van der Waals surface area contributed by atoms with Crippen molar-refractivity contribution in [1.29, 1.82) is 0 Å². The van der Waals surface area contributed by atoms with E-state index in [1.807, 2.05) is 18.3 Å². The summed E-state index contributed by atoms with van der Waals surface area (Å²) in [7, 11) is 0. The van der Waals surface area contributed by atoms with E-state index in [1.165, 1.54) is 24.0 Å². The van der Waals surface area contributed by atoms with E-state index < -0.39 is 0 Å². The summed E-state index contributed by atoms with van der Waals surface area (Å²) in [6.45, 7) is 2.18. The first-order valence-electron chi connectivity index (χ1n) is 6.59. The number of aryl methyl sites for hydroxylation is 1. The molecule has 0 fully saturated rings. The van der Waals surface area contributed by atoms with Crippen molar-refractivity contribution in [3.63, 3.8) is 0 Å². The smallest absolute Gasteiger partial charge is 0.0570 e. The Hall–Kier alpha value is -1.67. The molecule has 1 aromatic heterocycles. The summed E-state index contributed by atoms with van der Waals surface area (Å²) < 4.78 is 0. The summed E-state index contributed by atoms with van der Waals surface area (Å²) >= 11 is 0. The topological polar surface area (TPSA) is 24.9 Å².